The molecule has 2 N–H and O–H groups in total. The lowest BCUT2D eigenvalue weighted by Gasteiger charge is -2.32. The van der Waals surface area contributed by atoms with Crippen LogP contribution in [-0.2, 0) is 16.6 Å². The summed E-state index contributed by atoms with van der Waals surface area (Å²) in [7, 11) is -3.73. The van der Waals surface area contributed by atoms with Crippen molar-refractivity contribution < 1.29 is 26.0 Å². The van der Waals surface area contributed by atoms with Crippen molar-refractivity contribution in [1.82, 2.24) is 14.9 Å². The summed E-state index contributed by atoms with van der Waals surface area (Å²) in [5, 5.41) is 6.12. The fraction of sp³-hybridized carbons (Fsp3) is 0.562. The van der Waals surface area contributed by atoms with Crippen LogP contribution in [0.15, 0.2) is 23.2 Å². The summed E-state index contributed by atoms with van der Waals surface area (Å²) < 4.78 is 74.4. The predicted octanol–water partition coefficient (Wildman–Crippen LogP) is 2.11. The summed E-state index contributed by atoms with van der Waals surface area (Å²) >= 11 is 0. The molecule has 0 atom stereocenters. The Bertz CT molecular complexity index is 788. The molecule has 27 heavy (non-hydrogen) atoms. The molecule has 0 radical (unpaired) electrons. The van der Waals surface area contributed by atoms with Gasteiger partial charge >= 0.3 is 15.5 Å². The first-order chi connectivity index (χ1) is 12.5. The zero-order chi connectivity index (χ0) is 20.2. The Morgan fingerprint density at radius 2 is 1.93 bits per heavy atom. The molecule has 1 saturated heterocycles. The molecule has 1 aromatic rings. The molecule has 0 aromatic heterocycles. The van der Waals surface area contributed by atoms with Crippen molar-refractivity contribution >= 4 is 16.0 Å². The van der Waals surface area contributed by atoms with E-state index < -0.39 is 15.5 Å². The Morgan fingerprint density at radius 3 is 2.44 bits per heavy atom. The second kappa shape index (κ2) is 8.42. The molecule has 0 spiro atoms. The topological polar surface area (TPSA) is 73.8 Å². The largest absolute Gasteiger partial charge is 0.511 e. The Kier molecular flexibility index (Phi) is 6.68. The van der Waals surface area contributed by atoms with E-state index in [1.165, 1.54) is 6.07 Å². The first-order valence-corrected chi connectivity index (χ1v) is 9.77. The Hall–Kier alpha value is -1.88. The molecule has 1 aliphatic rings. The summed E-state index contributed by atoms with van der Waals surface area (Å²) in [6.45, 7) is 1.62. The fourth-order valence-electron chi connectivity index (χ4n) is 2.78. The highest BCUT2D eigenvalue weighted by atomic mass is 32.2. The minimum atomic E-state index is -5.28. The molecule has 0 aliphatic carbocycles. The molecule has 2 rings (SSSR count). The van der Waals surface area contributed by atoms with Crippen LogP contribution in [0.3, 0.4) is 0 Å². The summed E-state index contributed by atoms with van der Waals surface area (Å²) in [5.41, 5.74) is -3.91. The van der Waals surface area contributed by atoms with Gasteiger partial charge in [0.25, 0.3) is 0 Å². The van der Waals surface area contributed by atoms with Gasteiger partial charge < -0.3 is 10.6 Å². The summed E-state index contributed by atoms with van der Waals surface area (Å²) in [5.74, 6) is 0.149. The second-order valence-electron chi connectivity index (χ2n) is 6.28. The van der Waals surface area contributed by atoms with E-state index in [0.29, 0.717) is 22.4 Å². The van der Waals surface area contributed by atoms with E-state index in [1.807, 2.05) is 0 Å². The first kappa shape index (κ1) is 21.4. The maximum absolute atomic E-state index is 13.3. The highest BCUT2D eigenvalue weighted by Crippen LogP contribution is 2.28. The van der Waals surface area contributed by atoms with Gasteiger partial charge in [-0.05, 0) is 37.0 Å². The van der Waals surface area contributed by atoms with E-state index in [2.05, 4.69) is 15.6 Å². The van der Waals surface area contributed by atoms with Crippen molar-refractivity contribution in [3.05, 3.63) is 35.1 Å². The lowest BCUT2D eigenvalue weighted by atomic mass is 10.1. The third kappa shape index (κ3) is 5.32. The standard InChI is InChI=1S/C16H22F4N4O2S/c1-11-9-12(3-4-14(11)17)10-22-15(21-2)23-13-5-7-24(8-6-13)27(25,26)16(18,19)20/h3-4,9,13H,5-8,10H2,1-2H3,(H2,21,22,23). The molecule has 6 nitrogen and oxygen atoms in total. The Morgan fingerprint density at radius 1 is 1.30 bits per heavy atom. The average Bonchev–Trinajstić information content (AvgIpc) is 2.61. The minimum absolute atomic E-state index is 0.203. The van der Waals surface area contributed by atoms with E-state index in [0.717, 1.165) is 5.56 Å². The third-order valence-corrected chi connectivity index (χ3v) is 5.96. The van der Waals surface area contributed by atoms with Crippen LogP contribution in [0, 0.1) is 12.7 Å². The molecular weight excluding hydrogens is 388 g/mol. The first-order valence-electron chi connectivity index (χ1n) is 8.33. The van der Waals surface area contributed by atoms with Crippen molar-refractivity contribution in [3.63, 3.8) is 0 Å². The van der Waals surface area contributed by atoms with E-state index in [4.69, 9.17) is 0 Å². The fourth-order valence-corrected chi connectivity index (χ4v) is 3.76. The van der Waals surface area contributed by atoms with Gasteiger partial charge in [0.1, 0.15) is 5.82 Å². The van der Waals surface area contributed by atoms with Crippen molar-refractivity contribution in [2.45, 2.75) is 37.9 Å². The van der Waals surface area contributed by atoms with Crippen molar-refractivity contribution in [2.24, 2.45) is 4.99 Å². The zero-order valence-corrected chi connectivity index (χ0v) is 15.8. The summed E-state index contributed by atoms with van der Waals surface area (Å²) in [4.78, 5) is 4.05. The van der Waals surface area contributed by atoms with Gasteiger partial charge in [-0.15, -0.1) is 0 Å². The number of alkyl halides is 3. The molecule has 0 bridgehead atoms. The van der Waals surface area contributed by atoms with Gasteiger partial charge in [0.2, 0.25) is 0 Å². The third-order valence-electron chi connectivity index (χ3n) is 4.33. The van der Waals surface area contributed by atoms with Crippen molar-refractivity contribution in [3.8, 4) is 0 Å². The number of halogens is 4. The molecule has 0 unspecified atom stereocenters. The van der Waals surface area contributed by atoms with Gasteiger partial charge in [0, 0.05) is 32.7 Å². The number of aryl methyl sites for hydroxylation is 1. The van der Waals surface area contributed by atoms with Crippen LogP contribution in [-0.4, -0.2) is 50.4 Å². The van der Waals surface area contributed by atoms with Gasteiger partial charge in [0.15, 0.2) is 5.96 Å². The number of hydrogen-bond acceptors (Lipinski definition) is 3. The Labute approximate surface area is 155 Å². The second-order valence-corrected chi connectivity index (χ2v) is 8.21. The van der Waals surface area contributed by atoms with Crippen LogP contribution in [0.25, 0.3) is 0 Å². The number of nitrogens with one attached hydrogen (secondary N) is 2. The van der Waals surface area contributed by atoms with E-state index in [1.54, 1.807) is 26.1 Å². The van der Waals surface area contributed by atoms with Crippen LogP contribution in [0.2, 0.25) is 0 Å². The molecule has 152 valence electrons. The summed E-state index contributed by atoms with van der Waals surface area (Å²) in [6, 6.07) is 4.52. The van der Waals surface area contributed by atoms with Gasteiger partial charge in [-0.3, -0.25) is 4.99 Å². The number of aliphatic imine (C=N–C) groups is 1. The molecule has 1 fully saturated rings. The lowest BCUT2D eigenvalue weighted by molar-refractivity contribution is -0.0494. The minimum Gasteiger partial charge on any atom is -0.354 e. The van der Waals surface area contributed by atoms with E-state index >= 15 is 0 Å². The highest BCUT2D eigenvalue weighted by Gasteiger charge is 2.50. The Balaban J connectivity index is 1.87. The molecule has 1 aliphatic heterocycles. The van der Waals surface area contributed by atoms with Gasteiger partial charge in [0.05, 0.1) is 0 Å². The number of rotatable bonds is 4. The van der Waals surface area contributed by atoms with Gasteiger partial charge in [-0.25, -0.2) is 12.8 Å². The van der Waals surface area contributed by atoms with Gasteiger partial charge in [-0.2, -0.15) is 17.5 Å². The maximum atomic E-state index is 13.3. The molecule has 1 aromatic carbocycles. The van der Waals surface area contributed by atoms with Crippen LogP contribution in [0.5, 0.6) is 0 Å². The number of nitrogens with zero attached hydrogens (tertiary/aromatic N) is 2. The van der Waals surface area contributed by atoms with Crippen LogP contribution < -0.4 is 10.6 Å². The zero-order valence-electron chi connectivity index (χ0n) is 15.0. The molecule has 1 heterocycles. The van der Waals surface area contributed by atoms with Crippen LogP contribution in [0.4, 0.5) is 17.6 Å². The molecule has 0 saturated carbocycles. The predicted molar refractivity (Wildman–Crippen MR) is 94.0 cm³/mol. The molecular formula is C16H22F4N4O2S. The number of benzene rings is 1. The van der Waals surface area contributed by atoms with Crippen molar-refractivity contribution in [2.75, 3.05) is 20.1 Å². The van der Waals surface area contributed by atoms with E-state index in [-0.39, 0.29) is 37.8 Å². The van der Waals surface area contributed by atoms with Gasteiger partial charge in [-0.1, -0.05) is 12.1 Å². The maximum Gasteiger partial charge on any atom is 0.511 e. The average molecular weight is 410 g/mol. The van der Waals surface area contributed by atoms with Crippen LogP contribution >= 0.6 is 0 Å². The number of piperidine rings is 1. The number of guanidine groups is 1. The van der Waals surface area contributed by atoms with Crippen LogP contribution in [0.1, 0.15) is 24.0 Å². The summed E-state index contributed by atoms with van der Waals surface area (Å²) in [6.07, 6.45) is 0.456. The number of sulfonamides is 1. The quantitative estimate of drug-likeness (QED) is 0.453. The number of hydrogen-bond donors (Lipinski definition) is 2. The lowest BCUT2D eigenvalue weighted by Crippen LogP contribution is -2.51. The van der Waals surface area contributed by atoms with E-state index in [9.17, 15) is 26.0 Å². The van der Waals surface area contributed by atoms with Crippen molar-refractivity contribution in [1.29, 1.82) is 0 Å². The monoisotopic (exact) mass is 410 g/mol. The smallest absolute Gasteiger partial charge is 0.354 e. The SMILES string of the molecule is CN=C(NCc1ccc(F)c(C)c1)NC1CCN(S(=O)(=O)C(F)(F)F)CC1. The molecule has 0 amide bonds. The normalized spacial score (nSPS) is 17.8. The highest BCUT2D eigenvalue weighted by molar-refractivity contribution is 7.90. The molecule has 11 heteroatoms.